The van der Waals surface area contributed by atoms with Gasteiger partial charge in [-0.25, -0.2) is 0 Å². The predicted octanol–water partition coefficient (Wildman–Crippen LogP) is 4.62. The van der Waals surface area contributed by atoms with Crippen LogP contribution >= 0.6 is 11.6 Å². The number of halogens is 1. The van der Waals surface area contributed by atoms with E-state index in [0.717, 1.165) is 40.5 Å². The van der Waals surface area contributed by atoms with Gasteiger partial charge in [0.25, 0.3) is 0 Å². The zero-order valence-corrected chi connectivity index (χ0v) is 16.1. The van der Waals surface area contributed by atoms with E-state index in [1.165, 1.54) is 0 Å². The van der Waals surface area contributed by atoms with Crippen molar-refractivity contribution in [2.45, 2.75) is 13.0 Å². The maximum Gasteiger partial charge on any atom is 0.145 e. The summed E-state index contributed by atoms with van der Waals surface area (Å²) in [6, 6.07) is 13.7. The van der Waals surface area contributed by atoms with Gasteiger partial charge in [-0.3, -0.25) is 9.67 Å². The molecule has 0 amide bonds. The highest BCUT2D eigenvalue weighted by Gasteiger charge is 2.11. The van der Waals surface area contributed by atoms with Crippen LogP contribution in [-0.2, 0) is 6.54 Å². The summed E-state index contributed by atoms with van der Waals surface area (Å²) in [4.78, 5) is 4.38. The Morgan fingerprint density at radius 1 is 1.25 bits per heavy atom. The minimum atomic E-state index is 0.511. The van der Waals surface area contributed by atoms with E-state index in [1.807, 2.05) is 47.3 Å². The van der Waals surface area contributed by atoms with Crippen molar-refractivity contribution in [3.8, 4) is 11.8 Å². The molecule has 2 aromatic carbocycles. The summed E-state index contributed by atoms with van der Waals surface area (Å²) >= 11 is 6.10. The molecule has 0 fully saturated rings. The molecule has 1 N–H and O–H groups in total. The standard InChI is InChI=1S/C21H18ClN5O/c1-28-19-5-2-4-17-20(15(11-23)12-25-21(17)19)24-8-3-9-27-18-10-16(22)7-6-14(18)13-26-27/h2,4-7,10,12-13H,3,8-9H2,1H3,(H,24,25). The van der Waals surface area contributed by atoms with Gasteiger partial charge in [0.15, 0.2) is 0 Å². The summed E-state index contributed by atoms with van der Waals surface area (Å²) in [6.45, 7) is 1.43. The number of anilines is 1. The molecule has 0 atom stereocenters. The van der Waals surface area contributed by atoms with E-state index in [4.69, 9.17) is 16.3 Å². The van der Waals surface area contributed by atoms with E-state index in [1.54, 1.807) is 13.3 Å². The molecule has 4 aromatic rings. The van der Waals surface area contributed by atoms with E-state index in [0.29, 0.717) is 22.9 Å². The quantitative estimate of drug-likeness (QED) is 0.485. The van der Waals surface area contributed by atoms with Crippen LogP contribution in [0.25, 0.3) is 21.8 Å². The molecule has 28 heavy (non-hydrogen) atoms. The highest BCUT2D eigenvalue weighted by Crippen LogP contribution is 2.31. The van der Waals surface area contributed by atoms with Crippen molar-refractivity contribution in [1.82, 2.24) is 14.8 Å². The number of ether oxygens (including phenoxy) is 1. The van der Waals surface area contributed by atoms with Crippen LogP contribution in [0.4, 0.5) is 5.69 Å². The molecule has 0 aliphatic heterocycles. The number of hydrogen-bond acceptors (Lipinski definition) is 5. The van der Waals surface area contributed by atoms with Crippen molar-refractivity contribution >= 4 is 39.1 Å². The topological polar surface area (TPSA) is 75.8 Å². The van der Waals surface area contributed by atoms with Gasteiger partial charge >= 0.3 is 0 Å². The summed E-state index contributed by atoms with van der Waals surface area (Å²) < 4.78 is 7.33. The Morgan fingerprint density at radius 2 is 2.14 bits per heavy atom. The fourth-order valence-corrected chi connectivity index (χ4v) is 3.47. The van der Waals surface area contributed by atoms with Gasteiger partial charge in [-0.05, 0) is 30.7 Å². The van der Waals surface area contributed by atoms with Crippen molar-refractivity contribution < 1.29 is 4.74 Å². The molecule has 7 heteroatoms. The fraction of sp³-hybridized carbons (Fsp3) is 0.190. The number of nitriles is 1. The molecule has 2 heterocycles. The fourth-order valence-electron chi connectivity index (χ4n) is 3.30. The van der Waals surface area contributed by atoms with Gasteiger partial charge in [0.05, 0.1) is 30.1 Å². The van der Waals surface area contributed by atoms with Gasteiger partial charge in [0.2, 0.25) is 0 Å². The molecule has 0 spiro atoms. The lowest BCUT2D eigenvalue weighted by Crippen LogP contribution is -2.09. The largest absolute Gasteiger partial charge is 0.494 e. The van der Waals surface area contributed by atoms with E-state index < -0.39 is 0 Å². The Kier molecular flexibility index (Phi) is 5.00. The second kappa shape index (κ2) is 7.75. The average Bonchev–Trinajstić information content (AvgIpc) is 3.12. The highest BCUT2D eigenvalue weighted by molar-refractivity contribution is 6.31. The molecular formula is C21H18ClN5O. The molecule has 4 rings (SSSR count). The SMILES string of the molecule is COc1cccc2c(NCCCn3ncc4ccc(Cl)cc43)c(C#N)cnc12. The third-order valence-electron chi connectivity index (χ3n) is 4.66. The van der Waals surface area contributed by atoms with Crippen LogP contribution in [-0.4, -0.2) is 28.4 Å². The van der Waals surface area contributed by atoms with Crippen LogP contribution < -0.4 is 10.1 Å². The van der Waals surface area contributed by atoms with Crippen LogP contribution in [0.2, 0.25) is 5.02 Å². The normalized spacial score (nSPS) is 10.9. The van der Waals surface area contributed by atoms with Crippen molar-refractivity contribution in [3.63, 3.8) is 0 Å². The number of hydrogen-bond donors (Lipinski definition) is 1. The van der Waals surface area contributed by atoms with Crippen molar-refractivity contribution in [2.24, 2.45) is 0 Å². The molecular weight excluding hydrogens is 374 g/mol. The molecule has 6 nitrogen and oxygen atoms in total. The Bertz CT molecular complexity index is 1190. The summed E-state index contributed by atoms with van der Waals surface area (Å²) in [6.07, 6.45) is 4.26. The van der Waals surface area contributed by atoms with Crippen molar-refractivity contribution in [2.75, 3.05) is 19.0 Å². The number of nitrogens with one attached hydrogen (secondary N) is 1. The van der Waals surface area contributed by atoms with Crippen molar-refractivity contribution in [3.05, 3.63) is 59.4 Å². The first-order valence-corrected chi connectivity index (χ1v) is 9.30. The molecule has 0 unspecified atom stereocenters. The number of methoxy groups -OCH3 is 1. The highest BCUT2D eigenvalue weighted by atomic mass is 35.5. The molecule has 0 saturated carbocycles. The first-order valence-electron chi connectivity index (χ1n) is 8.92. The maximum absolute atomic E-state index is 9.47. The van der Waals surface area contributed by atoms with Crippen molar-refractivity contribution in [1.29, 1.82) is 5.26 Å². The number of nitrogens with zero attached hydrogens (tertiary/aromatic N) is 4. The maximum atomic E-state index is 9.47. The van der Waals surface area contributed by atoms with Crippen LogP contribution in [0.3, 0.4) is 0 Å². The van der Waals surface area contributed by atoms with Gasteiger partial charge < -0.3 is 10.1 Å². The summed E-state index contributed by atoms with van der Waals surface area (Å²) in [5, 5.41) is 19.9. The minimum Gasteiger partial charge on any atom is -0.494 e. The van der Waals surface area contributed by atoms with Gasteiger partial charge in [-0.1, -0.05) is 23.7 Å². The van der Waals surface area contributed by atoms with E-state index in [9.17, 15) is 5.26 Å². The zero-order valence-electron chi connectivity index (χ0n) is 15.3. The second-order valence-electron chi connectivity index (χ2n) is 6.37. The monoisotopic (exact) mass is 391 g/mol. The number of rotatable bonds is 6. The van der Waals surface area contributed by atoms with Crippen LogP contribution in [0.15, 0.2) is 48.8 Å². The van der Waals surface area contributed by atoms with E-state index in [-0.39, 0.29) is 0 Å². The molecule has 2 aromatic heterocycles. The predicted molar refractivity (Wildman–Crippen MR) is 111 cm³/mol. The number of aryl methyl sites for hydroxylation is 1. The zero-order chi connectivity index (χ0) is 19.5. The third kappa shape index (κ3) is 3.32. The molecule has 0 aliphatic rings. The lowest BCUT2D eigenvalue weighted by molar-refractivity contribution is 0.419. The Hall–Kier alpha value is -3.30. The number of fused-ring (bicyclic) bond motifs is 2. The molecule has 0 bridgehead atoms. The van der Waals surface area contributed by atoms with Gasteiger partial charge in [-0.15, -0.1) is 0 Å². The lowest BCUT2D eigenvalue weighted by Gasteiger charge is -2.13. The van der Waals surface area contributed by atoms with E-state index in [2.05, 4.69) is 21.5 Å². The Balaban J connectivity index is 1.52. The smallest absolute Gasteiger partial charge is 0.145 e. The molecule has 0 radical (unpaired) electrons. The first-order chi connectivity index (χ1) is 13.7. The van der Waals surface area contributed by atoms with Gasteiger partial charge in [-0.2, -0.15) is 10.4 Å². The summed E-state index contributed by atoms with van der Waals surface area (Å²) in [7, 11) is 1.61. The number of para-hydroxylation sites is 1. The molecule has 140 valence electrons. The van der Waals surface area contributed by atoms with Gasteiger partial charge in [0, 0.05) is 35.1 Å². The summed E-state index contributed by atoms with van der Waals surface area (Å²) in [5.74, 6) is 0.685. The first kappa shape index (κ1) is 18.1. The number of aromatic nitrogens is 3. The average molecular weight is 392 g/mol. The van der Waals surface area contributed by atoms with Gasteiger partial charge in [0.1, 0.15) is 17.3 Å². The third-order valence-corrected chi connectivity index (χ3v) is 4.89. The molecule has 0 saturated heterocycles. The summed E-state index contributed by atoms with van der Waals surface area (Å²) in [5.41, 5.74) is 3.04. The van der Waals surface area contributed by atoms with Crippen LogP contribution in [0, 0.1) is 11.3 Å². The van der Waals surface area contributed by atoms with E-state index >= 15 is 0 Å². The molecule has 0 aliphatic carbocycles. The minimum absolute atomic E-state index is 0.511. The Morgan fingerprint density at radius 3 is 2.96 bits per heavy atom. The lowest BCUT2D eigenvalue weighted by atomic mass is 10.1. The van der Waals surface area contributed by atoms with Crippen LogP contribution in [0.1, 0.15) is 12.0 Å². The second-order valence-corrected chi connectivity index (χ2v) is 6.80. The number of benzene rings is 2. The number of pyridine rings is 1. The van der Waals surface area contributed by atoms with Crippen LogP contribution in [0.5, 0.6) is 5.75 Å². The Labute approximate surface area is 167 Å².